The van der Waals surface area contributed by atoms with Crippen molar-refractivity contribution < 1.29 is 104 Å². The second-order valence-electron chi connectivity index (χ2n) is 11.2. The smallest absolute Gasteiger partial charge is 1.00 e. The first kappa shape index (κ1) is 51.7. The van der Waals surface area contributed by atoms with E-state index >= 15 is 0 Å². The van der Waals surface area contributed by atoms with Gasteiger partial charge in [0.05, 0.1) is 16.7 Å². The number of halogens is 1. The molecule has 2 aromatic carbocycles. The molecule has 3 amide bonds. The number of anilines is 1. The third-order valence-corrected chi connectivity index (χ3v) is 8.34. The van der Waals surface area contributed by atoms with Crippen LogP contribution in [-0.2, 0) is 32.4 Å². The van der Waals surface area contributed by atoms with Crippen molar-refractivity contribution in [2.75, 3.05) is 19.4 Å². The Bertz CT molecular complexity index is 1500. The summed E-state index contributed by atoms with van der Waals surface area (Å²) < 4.78 is 0. The van der Waals surface area contributed by atoms with E-state index in [9.17, 15) is 9.59 Å². The maximum absolute atomic E-state index is 11.5. The third-order valence-electron chi connectivity index (χ3n) is 8.34. The molecule has 14 heteroatoms. The molecule has 2 aromatic heterocycles. The molecule has 0 radical (unpaired) electrons. The molecule has 1 saturated carbocycles. The van der Waals surface area contributed by atoms with E-state index in [1.807, 2.05) is 54.6 Å². The van der Waals surface area contributed by atoms with Gasteiger partial charge in [-0.05, 0) is 53.5 Å². The van der Waals surface area contributed by atoms with Crippen LogP contribution in [0.5, 0.6) is 0 Å². The predicted octanol–water partition coefficient (Wildman–Crippen LogP) is 2.23. The molecule has 0 spiro atoms. The van der Waals surface area contributed by atoms with Gasteiger partial charge in [-0.3, -0.25) is 24.4 Å². The van der Waals surface area contributed by atoms with Gasteiger partial charge in [-0.15, -0.1) is 0 Å². The van der Waals surface area contributed by atoms with Crippen LogP contribution in [0, 0.1) is 37.0 Å². The Balaban J connectivity index is -0.000000187. The van der Waals surface area contributed by atoms with Crippen LogP contribution in [0.4, 0.5) is 16.2 Å². The van der Waals surface area contributed by atoms with Crippen molar-refractivity contribution in [3.8, 4) is 0 Å². The second kappa shape index (κ2) is 28.0. The molecule has 0 saturated heterocycles. The number of fused-ring (bicyclic) bond motifs is 2. The molecular formula is C35H49ClIrN5Na2O5. The number of carbonyl (C=O) groups excluding carboxylic acids is 3. The van der Waals surface area contributed by atoms with Gasteiger partial charge in [0.1, 0.15) is 0 Å². The molecule has 262 valence electrons. The average molecular weight is 894 g/mol. The number of pyridine rings is 2. The van der Waals surface area contributed by atoms with E-state index in [4.69, 9.17) is 10.1 Å². The molecule has 10 nitrogen and oxygen atoms in total. The molecule has 49 heavy (non-hydrogen) atoms. The molecule has 0 unspecified atom stereocenters. The maximum atomic E-state index is 11.5. The van der Waals surface area contributed by atoms with Gasteiger partial charge in [-0.25, -0.2) is 0 Å². The summed E-state index contributed by atoms with van der Waals surface area (Å²) in [6.45, 7) is 13.3. The first-order chi connectivity index (χ1) is 21.9. The van der Waals surface area contributed by atoms with Crippen molar-refractivity contribution in [3.05, 3.63) is 85.8 Å². The van der Waals surface area contributed by atoms with Crippen LogP contribution in [0.15, 0.2) is 73.1 Å². The van der Waals surface area contributed by atoms with Gasteiger partial charge in [-0.2, -0.15) is 0 Å². The minimum atomic E-state index is -0.279. The molecule has 1 aliphatic carbocycles. The first-order valence-electron chi connectivity index (χ1n) is 14.7. The van der Waals surface area contributed by atoms with Gasteiger partial charge in [0.25, 0.3) is 6.47 Å². The van der Waals surface area contributed by atoms with Crippen molar-refractivity contribution in [2.24, 2.45) is 29.6 Å². The second-order valence-corrected chi connectivity index (χ2v) is 11.2. The number of urea groups is 1. The fraction of sp³-hybridized carbons (Fsp3) is 0.371. The number of nitrogens with zero attached hydrogens (tertiary/aromatic N) is 4. The number of hydrogen-bond donors (Lipinski definition) is 1. The average Bonchev–Trinajstić information content (AvgIpc) is 3.23. The van der Waals surface area contributed by atoms with Gasteiger partial charge in [0.2, 0.25) is 5.91 Å². The van der Waals surface area contributed by atoms with Crippen molar-refractivity contribution in [1.82, 2.24) is 14.9 Å². The molecule has 5 rings (SSSR count). The van der Waals surface area contributed by atoms with Crippen molar-refractivity contribution in [1.29, 1.82) is 0 Å². The van der Waals surface area contributed by atoms with Crippen molar-refractivity contribution >= 4 is 61.2 Å². The monoisotopic (exact) mass is 894 g/mol. The van der Waals surface area contributed by atoms with Gasteiger partial charge in [0, 0.05) is 31.5 Å². The van der Waals surface area contributed by atoms with E-state index in [1.54, 1.807) is 32.6 Å². The summed E-state index contributed by atoms with van der Waals surface area (Å²) in [5.74, 6) is 4.60. The molecule has 0 atom stereocenters. The standard InChI is InChI=1S/C12H13N3O.C11H10N2O.C10H20.CH2O3.CH3.ClH.Ir.2Na.H2.H/c1-15(2)12(16)14-10-7-3-5-9-6-4-8-13-11(9)10;1-8(14)13-10-6-2-4-9-5-3-7-12-11(9)10;1-6-7(2)9(4)10(5)8(6)3;2-1-4-3;;;;;;;/h3-8H,1-2H3,(H,14,16);2-7H,1H3,(H,13,14);6-10H,1-5H3;1,3H;1H3;1H;;;;1H;/q;;;;-1;;+3;2*+1;;-1/p-3/i;;;;;;;;;1+1;. The van der Waals surface area contributed by atoms with E-state index in [1.165, 1.54) is 29.7 Å². The minimum absolute atomic E-state index is 0. The van der Waals surface area contributed by atoms with Crippen LogP contribution in [-0.4, -0.2) is 47.4 Å². The summed E-state index contributed by atoms with van der Waals surface area (Å²) in [4.78, 5) is 43.5. The predicted molar refractivity (Wildman–Crippen MR) is 188 cm³/mol. The van der Waals surface area contributed by atoms with Crippen LogP contribution in [0.3, 0.4) is 0 Å². The van der Waals surface area contributed by atoms with E-state index in [0.717, 1.165) is 57.1 Å². The van der Waals surface area contributed by atoms with Crippen molar-refractivity contribution in [2.45, 2.75) is 41.5 Å². The largest absolute Gasteiger partial charge is 1.00 e. The summed E-state index contributed by atoms with van der Waals surface area (Å²) in [5.41, 5.74) is 2.94. The van der Waals surface area contributed by atoms with Gasteiger partial charge >= 0.3 is 86.6 Å². The normalized spacial score (nSPS) is 18.1. The topological polar surface area (TPSA) is 139 Å². The number of benzene rings is 2. The van der Waals surface area contributed by atoms with Gasteiger partial charge in [0.15, 0.2) is 6.03 Å². The molecule has 1 fully saturated rings. The van der Waals surface area contributed by atoms with Crippen LogP contribution < -0.4 is 69.7 Å². The fourth-order valence-corrected chi connectivity index (χ4v) is 5.17. The Morgan fingerprint density at radius 1 is 0.857 bits per heavy atom. The van der Waals surface area contributed by atoms with E-state index in [2.05, 4.69) is 69.7 Å². The van der Waals surface area contributed by atoms with E-state index in [0.29, 0.717) is 5.69 Å². The van der Waals surface area contributed by atoms with E-state index < -0.39 is 0 Å². The maximum Gasteiger partial charge on any atom is 1.00 e. The summed E-state index contributed by atoms with van der Waals surface area (Å²) in [6, 6.07) is 18.7. The number of aromatic nitrogens is 2. The number of nitrogens with one attached hydrogen (secondary N) is 1. The summed E-state index contributed by atoms with van der Waals surface area (Å²) in [5, 5.41) is 17.2. The molecule has 4 aromatic rings. The number of rotatable bonds is 3. The quantitative estimate of drug-likeness (QED) is 0.110. The molecular weight excluding hydrogens is 844 g/mol. The molecule has 2 heterocycles. The van der Waals surface area contributed by atoms with Crippen LogP contribution >= 0.6 is 9.58 Å². The zero-order chi connectivity index (χ0) is 34.8. The zero-order valence-electron chi connectivity index (χ0n) is 31.4. The Labute approximate surface area is 353 Å². The number of para-hydroxylation sites is 2. The SMILES string of the molecule is CC(=O)Nc1cccc2cccnc12.CC1C(C)C(C)C(C)C1C.CN(C)C(=O)[N-]c1cccc2cccnc12.O=CO[O-].[2HH].[CH3-].[Cl][Ir+2].[H-].[Na+].[Na+]. The molecule has 1 aliphatic rings. The van der Waals surface area contributed by atoms with Crippen LogP contribution in [0.25, 0.3) is 27.1 Å². The first-order valence-corrected chi connectivity index (χ1v) is 17.6. The Hall–Kier alpha value is -1.63. The summed E-state index contributed by atoms with van der Waals surface area (Å²) in [6.07, 6.45) is 3.41. The molecule has 1 N–H and O–H groups in total. The number of hydrogen-bond acceptors (Lipinski definition) is 7. The Kier molecular flexibility index (Phi) is 29.6. The Morgan fingerprint density at radius 2 is 1.24 bits per heavy atom. The van der Waals surface area contributed by atoms with Crippen molar-refractivity contribution in [3.63, 3.8) is 0 Å². The molecule has 0 aliphatic heterocycles. The van der Waals surface area contributed by atoms with Gasteiger partial charge in [-0.1, -0.05) is 91.2 Å². The minimum Gasteiger partial charge on any atom is -1.00 e. The number of amides is 3. The zero-order valence-corrected chi connectivity index (χ0v) is 37.6. The summed E-state index contributed by atoms with van der Waals surface area (Å²) in [7, 11) is 7.98. The third kappa shape index (κ3) is 17.0. The fourth-order valence-electron chi connectivity index (χ4n) is 5.17. The van der Waals surface area contributed by atoms with Crippen LogP contribution in [0.1, 0.15) is 44.4 Å². The van der Waals surface area contributed by atoms with E-state index in [-0.39, 0.29) is 87.8 Å². The van der Waals surface area contributed by atoms with Crippen LogP contribution in [0.2, 0.25) is 0 Å². The Morgan fingerprint density at radius 3 is 1.65 bits per heavy atom. The summed E-state index contributed by atoms with van der Waals surface area (Å²) >= 11 is 1.47. The molecule has 0 bridgehead atoms. The number of carbonyl (C=O) groups is 3. The van der Waals surface area contributed by atoms with Gasteiger partial charge < -0.3 is 34.5 Å².